The summed E-state index contributed by atoms with van der Waals surface area (Å²) in [5.41, 5.74) is 1.17. The SMILES string of the molecule is N#Cc1cnc(Nc2ccc(CN3CCN(CCO)CC3)cn2)s1. The van der Waals surface area contributed by atoms with Crippen molar-refractivity contribution < 1.29 is 5.11 Å². The zero-order valence-electron chi connectivity index (χ0n) is 13.4. The predicted octanol–water partition coefficient (Wildman–Crippen LogP) is 1.26. The second-order valence-corrected chi connectivity index (χ2v) is 6.69. The molecule has 0 spiro atoms. The van der Waals surface area contributed by atoms with Crippen LogP contribution in [-0.2, 0) is 6.54 Å². The number of β-amino-alcohol motifs (C(OH)–C–C–N with tert-alkyl or cyclic N) is 1. The van der Waals surface area contributed by atoms with E-state index in [9.17, 15) is 0 Å². The number of nitrogens with zero attached hydrogens (tertiary/aromatic N) is 5. The van der Waals surface area contributed by atoms with Gasteiger partial charge in [-0.15, -0.1) is 0 Å². The quantitative estimate of drug-likeness (QED) is 0.815. The standard InChI is InChI=1S/C16H20N6OS/c17-9-14-11-19-16(24-14)20-15-2-1-13(10-18-15)12-22-5-3-21(4-6-22)7-8-23/h1-2,10-11,23H,3-8,12H2,(H,18,19,20). The number of aliphatic hydroxyl groups is 1. The zero-order valence-corrected chi connectivity index (χ0v) is 14.2. The lowest BCUT2D eigenvalue weighted by Crippen LogP contribution is -2.46. The first-order valence-electron chi connectivity index (χ1n) is 7.90. The van der Waals surface area contributed by atoms with E-state index >= 15 is 0 Å². The minimum absolute atomic E-state index is 0.230. The fraction of sp³-hybridized carbons (Fsp3) is 0.438. The van der Waals surface area contributed by atoms with E-state index in [4.69, 9.17) is 10.4 Å². The van der Waals surface area contributed by atoms with Crippen molar-refractivity contribution in [2.75, 3.05) is 44.6 Å². The smallest absolute Gasteiger partial charge is 0.189 e. The minimum atomic E-state index is 0.230. The molecule has 3 rings (SSSR count). The molecule has 3 heterocycles. The Bertz CT molecular complexity index is 687. The van der Waals surface area contributed by atoms with Crippen molar-refractivity contribution in [3.8, 4) is 6.07 Å². The van der Waals surface area contributed by atoms with Crippen molar-refractivity contribution in [3.05, 3.63) is 35.0 Å². The lowest BCUT2D eigenvalue weighted by molar-refractivity contribution is 0.108. The molecule has 0 aliphatic carbocycles. The van der Waals surface area contributed by atoms with Gasteiger partial charge < -0.3 is 10.4 Å². The summed E-state index contributed by atoms with van der Waals surface area (Å²) >= 11 is 1.31. The molecule has 1 fully saturated rings. The van der Waals surface area contributed by atoms with Gasteiger partial charge in [0.2, 0.25) is 0 Å². The highest BCUT2D eigenvalue weighted by atomic mass is 32.1. The number of nitriles is 1. The number of aliphatic hydroxyl groups excluding tert-OH is 1. The number of hydrogen-bond acceptors (Lipinski definition) is 8. The van der Waals surface area contributed by atoms with Crippen LogP contribution in [0.2, 0.25) is 0 Å². The van der Waals surface area contributed by atoms with E-state index in [2.05, 4.69) is 37.2 Å². The van der Waals surface area contributed by atoms with E-state index in [1.54, 1.807) is 6.20 Å². The molecule has 0 bridgehead atoms. The minimum Gasteiger partial charge on any atom is -0.395 e. The van der Waals surface area contributed by atoms with Crippen LogP contribution < -0.4 is 5.32 Å². The van der Waals surface area contributed by atoms with Crippen molar-refractivity contribution in [2.45, 2.75) is 6.54 Å². The molecule has 0 unspecified atom stereocenters. The summed E-state index contributed by atoms with van der Waals surface area (Å²) in [6, 6.07) is 6.07. The van der Waals surface area contributed by atoms with E-state index in [1.165, 1.54) is 16.9 Å². The Balaban J connectivity index is 1.51. The van der Waals surface area contributed by atoms with Gasteiger partial charge >= 0.3 is 0 Å². The van der Waals surface area contributed by atoms with Crippen molar-refractivity contribution in [1.29, 1.82) is 5.26 Å². The molecule has 0 radical (unpaired) electrons. The predicted molar refractivity (Wildman–Crippen MR) is 93.2 cm³/mol. The van der Waals surface area contributed by atoms with Crippen LogP contribution in [0.5, 0.6) is 0 Å². The van der Waals surface area contributed by atoms with Crippen molar-refractivity contribution in [1.82, 2.24) is 19.8 Å². The maximum absolute atomic E-state index is 8.98. The van der Waals surface area contributed by atoms with Gasteiger partial charge in [0.25, 0.3) is 0 Å². The Morgan fingerprint density at radius 2 is 1.96 bits per heavy atom. The van der Waals surface area contributed by atoms with Gasteiger partial charge in [-0.05, 0) is 11.6 Å². The van der Waals surface area contributed by atoms with Crippen LogP contribution in [0.15, 0.2) is 24.5 Å². The highest BCUT2D eigenvalue weighted by molar-refractivity contribution is 7.16. The second kappa shape index (κ2) is 8.17. The van der Waals surface area contributed by atoms with E-state index in [1.807, 2.05) is 12.3 Å². The summed E-state index contributed by atoms with van der Waals surface area (Å²) in [4.78, 5) is 13.8. The molecule has 1 aliphatic heterocycles. The Kier molecular flexibility index (Phi) is 5.72. The third-order valence-corrected chi connectivity index (χ3v) is 4.78. The molecule has 2 N–H and O–H groups in total. The number of thiazole rings is 1. The van der Waals surface area contributed by atoms with Crippen LogP contribution in [0.1, 0.15) is 10.4 Å². The first-order chi connectivity index (χ1) is 11.8. The van der Waals surface area contributed by atoms with Gasteiger partial charge in [-0.3, -0.25) is 9.80 Å². The number of aromatic nitrogens is 2. The van der Waals surface area contributed by atoms with E-state index in [0.29, 0.717) is 10.0 Å². The number of anilines is 2. The third kappa shape index (κ3) is 4.49. The lowest BCUT2D eigenvalue weighted by atomic mass is 10.2. The number of rotatable bonds is 6. The molecule has 2 aromatic rings. The molecule has 8 heteroatoms. The number of pyridine rings is 1. The molecule has 1 saturated heterocycles. The van der Waals surface area contributed by atoms with Crippen molar-refractivity contribution in [3.63, 3.8) is 0 Å². The van der Waals surface area contributed by atoms with Crippen molar-refractivity contribution in [2.24, 2.45) is 0 Å². The number of hydrogen-bond donors (Lipinski definition) is 2. The highest BCUT2D eigenvalue weighted by Gasteiger charge is 2.16. The maximum atomic E-state index is 8.98. The van der Waals surface area contributed by atoms with Crippen molar-refractivity contribution >= 4 is 22.3 Å². The van der Waals surface area contributed by atoms with Crippen LogP contribution in [0.25, 0.3) is 0 Å². The van der Waals surface area contributed by atoms with Gasteiger partial charge in [0.1, 0.15) is 16.8 Å². The summed E-state index contributed by atoms with van der Waals surface area (Å²) in [5, 5.41) is 21.6. The zero-order chi connectivity index (χ0) is 16.8. The average molecular weight is 344 g/mol. The lowest BCUT2D eigenvalue weighted by Gasteiger charge is -2.34. The summed E-state index contributed by atoms with van der Waals surface area (Å²) in [6.45, 7) is 5.90. The molecule has 2 aromatic heterocycles. The summed E-state index contributed by atoms with van der Waals surface area (Å²) in [5.74, 6) is 0.727. The molecule has 0 atom stereocenters. The van der Waals surface area contributed by atoms with Gasteiger partial charge in [0.05, 0.1) is 12.8 Å². The third-order valence-electron chi connectivity index (χ3n) is 3.96. The molecular weight excluding hydrogens is 324 g/mol. The fourth-order valence-electron chi connectivity index (χ4n) is 2.66. The Labute approximate surface area is 145 Å². The summed E-state index contributed by atoms with van der Waals surface area (Å²) in [6.07, 6.45) is 3.43. The van der Waals surface area contributed by atoms with Gasteiger partial charge in [-0.2, -0.15) is 5.26 Å². The molecule has 126 valence electrons. The van der Waals surface area contributed by atoms with Crippen LogP contribution >= 0.6 is 11.3 Å². The largest absolute Gasteiger partial charge is 0.395 e. The molecule has 1 aliphatic rings. The molecule has 24 heavy (non-hydrogen) atoms. The number of piperazine rings is 1. The first-order valence-corrected chi connectivity index (χ1v) is 8.72. The van der Waals surface area contributed by atoms with Crippen LogP contribution in [0, 0.1) is 11.3 Å². The molecule has 0 amide bonds. The normalized spacial score (nSPS) is 16.0. The Hall–Kier alpha value is -2.05. The Morgan fingerprint density at radius 1 is 1.17 bits per heavy atom. The molecule has 7 nitrogen and oxygen atoms in total. The van der Waals surface area contributed by atoms with Gasteiger partial charge in [0.15, 0.2) is 5.13 Å². The summed E-state index contributed by atoms with van der Waals surface area (Å²) in [7, 11) is 0. The second-order valence-electron chi connectivity index (χ2n) is 5.66. The number of nitrogens with one attached hydrogen (secondary N) is 1. The fourth-order valence-corrected chi connectivity index (χ4v) is 3.28. The Morgan fingerprint density at radius 3 is 2.58 bits per heavy atom. The molecule has 0 aromatic carbocycles. The van der Waals surface area contributed by atoms with Gasteiger partial charge in [-0.25, -0.2) is 9.97 Å². The van der Waals surface area contributed by atoms with Gasteiger partial charge in [-0.1, -0.05) is 17.4 Å². The summed E-state index contributed by atoms with van der Waals surface area (Å²) < 4.78 is 0. The van der Waals surface area contributed by atoms with Crippen LogP contribution in [0.3, 0.4) is 0 Å². The van der Waals surface area contributed by atoms with Crippen LogP contribution in [-0.4, -0.2) is 64.2 Å². The topological polar surface area (TPSA) is 88.3 Å². The molecule has 0 saturated carbocycles. The first kappa shape index (κ1) is 16.8. The maximum Gasteiger partial charge on any atom is 0.189 e. The average Bonchev–Trinajstić information content (AvgIpc) is 3.06. The van der Waals surface area contributed by atoms with Crippen LogP contribution in [0.4, 0.5) is 10.9 Å². The van der Waals surface area contributed by atoms with E-state index in [-0.39, 0.29) is 6.61 Å². The molecular formula is C16H20N6OS. The van der Waals surface area contributed by atoms with E-state index in [0.717, 1.165) is 45.1 Å². The van der Waals surface area contributed by atoms with Gasteiger partial charge in [0, 0.05) is 45.5 Å². The highest BCUT2D eigenvalue weighted by Crippen LogP contribution is 2.21. The van der Waals surface area contributed by atoms with E-state index < -0.39 is 0 Å². The monoisotopic (exact) mass is 344 g/mol.